The molecular formula is C33H35ClN4O4. The molecule has 9 heteroatoms. The molecule has 3 aromatic carbocycles. The van der Waals surface area contributed by atoms with Crippen molar-refractivity contribution in [3.63, 3.8) is 0 Å². The largest absolute Gasteiger partial charge is 0.489 e. The third-order valence-corrected chi connectivity index (χ3v) is 8.83. The summed E-state index contributed by atoms with van der Waals surface area (Å²) in [6.45, 7) is 5.06. The number of aromatic nitrogens is 2. The number of nitrogens with one attached hydrogen (secondary N) is 1. The van der Waals surface area contributed by atoms with Gasteiger partial charge in [-0.15, -0.1) is 0 Å². The number of ether oxygens (including phenoxy) is 1. The van der Waals surface area contributed by atoms with Crippen molar-refractivity contribution in [1.82, 2.24) is 20.0 Å². The van der Waals surface area contributed by atoms with E-state index in [1.807, 2.05) is 53.9 Å². The molecule has 42 heavy (non-hydrogen) atoms. The second kappa shape index (κ2) is 11.2. The quantitative estimate of drug-likeness (QED) is 0.202. The van der Waals surface area contributed by atoms with Crippen LogP contribution in [-0.4, -0.2) is 56.7 Å². The van der Waals surface area contributed by atoms with Crippen LogP contribution in [0.5, 0.6) is 5.75 Å². The number of halogens is 1. The van der Waals surface area contributed by atoms with E-state index in [1.54, 1.807) is 37.3 Å². The van der Waals surface area contributed by atoms with Crippen molar-refractivity contribution in [3.05, 3.63) is 82.5 Å². The molecule has 2 N–H and O–H groups in total. The number of carbonyl (C=O) groups is 2. The van der Waals surface area contributed by atoms with E-state index < -0.39 is 23.5 Å². The number of benzene rings is 3. The fraction of sp³-hybridized carbons (Fsp3) is 0.364. The van der Waals surface area contributed by atoms with Crippen molar-refractivity contribution in [1.29, 1.82) is 0 Å². The lowest BCUT2D eigenvalue weighted by Crippen LogP contribution is -2.59. The predicted molar refractivity (Wildman–Crippen MR) is 163 cm³/mol. The number of carbonyl (C=O) groups excluding carboxylic acids is 2. The molecule has 2 fully saturated rings. The molecule has 0 radical (unpaired) electrons. The van der Waals surface area contributed by atoms with Crippen molar-refractivity contribution in [2.45, 2.75) is 57.4 Å². The van der Waals surface area contributed by atoms with Crippen LogP contribution >= 0.6 is 11.6 Å². The monoisotopic (exact) mass is 586 g/mol. The van der Waals surface area contributed by atoms with E-state index >= 15 is 0 Å². The third kappa shape index (κ3) is 5.30. The van der Waals surface area contributed by atoms with Crippen LogP contribution in [0.2, 0.25) is 5.02 Å². The molecule has 1 amide bonds. The zero-order chi connectivity index (χ0) is 29.6. The van der Waals surface area contributed by atoms with Crippen molar-refractivity contribution in [3.8, 4) is 16.9 Å². The topological polar surface area (TPSA) is 96.7 Å². The van der Waals surface area contributed by atoms with Gasteiger partial charge in [0.15, 0.2) is 5.72 Å². The zero-order valence-electron chi connectivity index (χ0n) is 24.1. The maximum absolute atomic E-state index is 13.2. The lowest BCUT2D eigenvalue weighted by Gasteiger charge is -2.42. The van der Waals surface area contributed by atoms with Crippen molar-refractivity contribution >= 4 is 34.2 Å². The van der Waals surface area contributed by atoms with Crippen molar-refractivity contribution in [2.75, 3.05) is 13.1 Å². The summed E-state index contributed by atoms with van der Waals surface area (Å²) < 4.78 is 7.73. The number of rotatable bonds is 9. The average molecular weight is 587 g/mol. The van der Waals surface area contributed by atoms with Gasteiger partial charge in [0.05, 0.1) is 22.7 Å². The Hall–Kier alpha value is -3.72. The first-order valence-corrected chi connectivity index (χ1v) is 14.9. The van der Waals surface area contributed by atoms with Gasteiger partial charge in [-0.1, -0.05) is 54.1 Å². The first-order valence-electron chi connectivity index (χ1n) is 14.5. The SMILES string of the molecule is Cc1c2ccc(-c3ccc(C(=O)C(=O)N[C@H](C)[C@](O)(c4ccc(OC5CC5)c(Cl)c4)N4CCCC4)cc3)cc2nn1C. The molecule has 6 rings (SSSR count). The maximum atomic E-state index is 13.2. The van der Waals surface area contributed by atoms with Gasteiger partial charge >= 0.3 is 0 Å². The molecule has 2 heterocycles. The molecular weight excluding hydrogens is 552 g/mol. The molecule has 218 valence electrons. The highest BCUT2D eigenvalue weighted by Gasteiger charge is 2.44. The van der Waals surface area contributed by atoms with Gasteiger partial charge in [0, 0.05) is 42.3 Å². The van der Waals surface area contributed by atoms with Crippen molar-refractivity contribution < 1.29 is 19.4 Å². The van der Waals surface area contributed by atoms with Crippen molar-refractivity contribution in [2.24, 2.45) is 7.05 Å². The van der Waals surface area contributed by atoms with Gasteiger partial charge in [0.1, 0.15) is 5.75 Å². The molecule has 0 unspecified atom stereocenters. The molecule has 1 aromatic heterocycles. The normalized spacial score (nSPS) is 17.6. The van der Waals surface area contributed by atoms with Crippen LogP contribution in [0, 0.1) is 6.92 Å². The fourth-order valence-electron chi connectivity index (χ4n) is 5.77. The van der Waals surface area contributed by atoms with E-state index in [0.29, 0.717) is 29.4 Å². The van der Waals surface area contributed by atoms with Crippen LogP contribution in [0.1, 0.15) is 54.2 Å². The number of aryl methyl sites for hydroxylation is 2. The summed E-state index contributed by atoms with van der Waals surface area (Å²) in [7, 11) is 1.92. The minimum atomic E-state index is -1.56. The summed E-state index contributed by atoms with van der Waals surface area (Å²) in [6, 6.07) is 17.5. The molecule has 8 nitrogen and oxygen atoms in total. The molecule has 4 aromatic rings. The number of amides is 1. The van der Waals surface area contributed by atoms with Gasteiger partial charge in [0.2, 0.25) is 5.78 Å². The van der Waals surface area contributed by atoms with E-state index in [4.69, 9.17) is 16.3 Å². The van der Waals surface area contributed by atoms with Crippen LogP contribution in [0.25, 0.3) is 22.0 Å². The number of ketones is 1. The second-order valence-corrected chi connectivity index (χ2v) is 11.8. The summed E-state index contributed by atoms with van der Waals surface area (Å²) in [5.41, 5.74) is 3.14. The number of Topliss-reactive ketones (excluding diaryl/α,β-unsaturated/α-hetero) is 1. The Morgan fingerprint density at radius 2 is 1.74 bits per heavy atom. The van der Waals surface area contributed by atoms with E-state index in [2.05, 4.69) is 10.4 Å². The number of nitrogens with zero attached hydrogens (tertiary/aromatic N) is 3. The molecule has 1 aliphatic carbocycles. The van der Waals surface area contributed by atoms with Gasteiger partial charge in [-0.2, -0.15) is 5.10 Å². The first-order chi connectivity index (χ1) is 20.1. The molecule has 0 bridgehead atoms. The van der Waals surface area contributed by atoms with Crippen LogP contribution in [-0.2, 0) is 17.6 Å². The van der Waals surface area contributed by atoms with Crippen LogP contribution < -0.4 is 10.1 Å². The summed E-state index contributed by atoms with van der Waals surface area (Å²) >= 11 is 6.55. The van der Waals surface area contributed by atoms with Gasteiger partial charge < -0.3 is 15.2 Å². The summed E-state index contributed by atoms with van der Waals surface area (Å²) in [5.74, 6) is -0.866. The lowest BCUT2D eigenvalue weighted by molar-refractivity contribution is -0.139. The number of hydrogen-bond donors (Lipinski definition) is 2. The smallest absolute Gasteiger partial charge is 0.292 e. The van der Waals surface area contributed by atoms with Gasteiger partial charge in [-0.25, -0.2) is 0 Å². The summed E-state index contributed by atoms with van der Waals surface area (Å²) in [6.07, 6.45) is 4.07. The Labute approximate surface area is 250 Å². The maximum Gasteiger partial charge on any atom is 0.292 e. The third-order valence-electron chi connectivity index (χ3n) is 8.53. The minimum Gasteiger partial charge on any atom is -0.489 e. The molecule has 2 atom stereocenters. The molecule has 1 saturated carbocycles. The van der Waals surface area contributed by atoms with Gasteiger partial charge in [-0.05, 0) is 68.9 Å². The standard InChI is InChI=1S/C33H35ClN4O4/c1-20-27-14-10-24(18-29(27)36-37(20)3)22-6-8-23(9-7-22)31(39)32(40)35-21(2)33(41,38-16-4-5-17-38)25-11-15-30(28(34)19-25)42-26-12-13-26/h6-11,14-15,18-19,21,26,41H,4-5,12-13,16-17H2,1-3H3,(H,35,40)/t21-,33+/m1/s1. The highest BCUT2D eigenvalue weighted by molar-refractivity contribution is 6.42. The van der Waals surface area contributed by atoms with E-state index in [9.17, 15) is 14.7 Å². The Morgan fingerprint density at radius 1 is 1.05 bits per heavy atom. The van der Waals surface area contributed by atoms with Crippen LogP contribution in [0.15, 0.2) is 60.7 Å². The number of likely N-dealkylation sites (tertiary alicyclic amines) is 1. The molecule has 1 aliphatic heterocycles. The number of fused-ring (bicyclic) bond motifs is 1. The predicted octanol–water partition coefficient (Wildman–Crippen LogP) is 5.37. The van der Waals surface area contributed by atoms with Crippen LogP contribution in [0.4, 0.5) is 0 Å². The van der Waals surface area contributed by atoms with Crippen LogP contribution in [0.3, 0.4) is 0 Å². The Balaban J connectivity index is 1.19. The Kier molecular flexibility index (Phi) is 7.55. The van der Waals surface area contributed by atoms with Gasteiger partial charge in [-0.3, -0.25) is 19.2 Å². The van der Waals surface area contributed by atoms with Gasteiger partial charge in [0.25, 0.3) is 5.91 Å². The van der Waals surface area contributed by atoms with E-state index in [1.165, 1.54) is 0 Å². The highest BCUT2D eigenvalue weighted by atomic mass is 35.5. The number of aliphatic hydroxyl groups is 1. The molecule has 1 saturated heterocycles. The molecule has 2 aliphatic rings. The van der Waals surface area contributed by atoms with E-state index in [-0.39, 0.29) is 11.7 Å². The highest BCUT2D eigenvalue weighted by Crippen LogP contribution is 2.38. The second-order valence-electron chi connectivity index (χ2n) is 11.4. The molecule has 0 spiro atoms. The summed E-state index contributed by atoms with van der Waals surface area (Å²) in [5, 5.41) is 21.0. The Morgan fingerprint density at radius 3 is 2.40 bits per heavy atom. The lowest BCUT2D eigenvalue weighted by atomic mass is 9.93. The van der Waals surface area contributed by atoms with E-state index in [0.717, 1.165) is 53.4 Å². The average Bonchev–Trinajstić information content (AvgIpc) is 3.53. The number of hydrogen-bond acceptors (Lipinski definition) is 6. The minimum absolute atomic E-state index is 0.193. The fourth-order valence-corrected chi connectivity index (χ4v) is 6.00. The summed E-state index contributed by atoms with van der Waals surface area (Å²) in [4.78, 5) is 28.3. The Bertz CT molecular complexity index is 1660. The zero-order valence-corrected chi connectivity index (χ0v) is 24.8. The first kappa shape index (κ1) is 28.4.